The normalized spacial score (nSPS) is 18.6. The number of allylic oxidation sites excluding steroid dienone is 2. The Balaban J connectivity index is 1.84. The average molecular weight is 469 g/mol. The van der Waals surface area contributed by atoms with Crippen LogP contribution in [0.2, 0.25) is 10.0 Å². The maximum absolute atomic E-state index is 12.8. The summed E-state index contributed by atoms with van der Waals surface area (Å²) in [4.78, 5) is 23.8. The molecule has 0 saturated carbocycles. The molecule has 0 radical (unpaired) electrons. The van der Waals surface area contributed by atoms with Crippen molar-refractivity contribution in [3.05, 3.63) is 64.7 Å². The average Bonchev–Trinajstić information content (AvgIpc) is 2.71. The predicted octanol–water partition coefficient (Wildman–Crippen LogP) is 4.40. The summed E-state index contributed by atoms with van der Waals surface area (Å²) >= 11 is 12.1. The van der Waals surface area contributed by atoms with Crippen molar-refractivity contribution in [3.8, 4) is 0 Å². The van der Waals surface area contributed by atoms with Gasteiger partial charge in [-0.1, -0.05) is 47.5 Å². The molecule has 3 rings (SSSR count). The lowest BCUT2D eigenvalue weighted by Gasteiger charge is -2.24. The molecule has 1 aliphatic rings. The van der Waals surface area contributed by atoms with Crippen LogP contribution in [0.4, 0.5) is 11.4 Å². The van der Waals surface area contributed by atoms with E-state index in [2.05, 4.69) is 10.0 Å². The second kappa shape index (κ2) is 9.07. The van der Waals surface area contributed by atoms with E-state index in [1.807, 2.05) is 0 Å². The number of carboxylic acid groups (broad SMARTS) is 1. The third kappa shape index (κ3) is 4.95. The zero-order chi connectivity index (χ0) is 21.9. The molecule has 0 bridgehead atoms. The predicted molar refractivity (Wildman–Crippen MR) is 115 cm³/mol. The maximum Gasteiger partial charge on any atom is 0.307 e. The highest BCUT2D eigenvalue weighted by atomic mass is 35.5. The van der Waals surface area contributed by atoms with Crippen molar-refractivity contribution < 1.29 is 23.1 Å². The molecule has 0 fully saturated rings. The fraction of sp³-hybridized carbons (Fsp3) is 0.200. The summed E-state index contributed by atoms with van der Waals surface area (Å²) in [7, 11) is -4.10. The Bertz CT molecular complexity index is 1120. The fourth-order valence-corrected chi connectivity index (χ4v) is 4.99. The molecule has 30 heavy (non-hydrogen) atoms. The molecule has 3 N–H and O–H groups in total. The number of anilines is 2. The van der Waals surface area contributed by atoms with Crippen LogP contribution >= 0.6 is 23.2 Å². The molecular weight excluding hydrogens is 451 g/mol. The molecule has 2 aromatic rings. The van der Waals surface area contributed by atoms with Crippen molar-refractivity contribution in [1.82, 2.24) is 0 Å². The van der Waals surface area contributed by atoms with Gasteiger partial charge in [0, 0.05) is 5.69 Å². The first-order chi connectivity index (χ1) is 14.2. The molecule has 2 aromatic carbocycles. The quantitative estimate of drug-likeness (QED) is 0.543. The highest BCUT2D eigenvalue weighted by Crippen LogP contribution is 2.31. The number of aliphatic carboxylic acids is 1. The number of carbonyl (C=O) groups is 2. The van der Waals surface area contributed by atoms with Crippen LogP contribution in [0.1, 0.15) is 12.8 Å². The molecule has 2 atom stereocenters. The summed E-state index contributed by atoms with van der Waals surface area (Å²) in [5, 5.41) is 12.1. The molecule has 2 unspecified atom stereocenters. The maximum atomic E-state index is 12.8. The van der Waals surface area contributed by atoms with Crippen LogP contribution in [0.15, 0.2) is 59.5 Å². The number of sulfonamides is 1. The second-order valence-corrected chi connectivity index (χ2v) is 9.18. The molecule has 7 nitrogen and oxygen atoms in total. The Hall–Kier alpha value is -2.55. The van der Waals surface area contributed by atoms with Gasteiger partial charge >= 0.3 is 5.97 Å². The van der Waals surface area contributed by atoms with Crippen LogP contribution in [-0.4, -0.2) is 25.4 Å². The Morgan fingerprint density at radius 1 is 0.967 bits per heavy atom. The van der Waals surface area contributed by atoms with Gasteiger partial charge in [0.2, 0.25) is 5.91 Å². The molecule has 0 saturated heterocycles. The number of nitrogens with one attached hydrogen (secondary N) is 2. The fourth-order valence-electron chi connectivity index (χ4n) is 3.14. The van der Waals surface area contributed by atoms with Gasteiger partial charge in [-0.25, -0.2) is 8.42 Å². The molecule has 1 amide bonds. The van der Waals surface area contributed by atoms with Gasteiger partial charge in [0.15, 0.2) is 0 Å². The third-order valence-electron chi connectivity index (χ3n) is 4.69. The molecule has 0 aromatic heterocycles. The number of carboxylic acids is 1. The number of para-hydroxylation sites is 1. The van der Waals surface area contributed by atoms with E-state index in [-0.39, 0.29) is 39.2 Å². The monoisotopic (exact) mass is 468 g/mol. The number of amides is 1. The number of rotatable bonds is 6. The van der Waals surface area contributed by atoms with E-state index in [9.17, 15) is 23.1 Å². The molecule has 10 heteroatoms. The van der Waals surface area contributed by atoms with Crippen molar-refractivity contribution in [2.24, 2.45) is 11.8 Å². The lowest BCUT2D eigenvalue weighted by Crippen LogP contribution is -2.34. The zero-order valence-corrected chi connectivity index (χ0v) is 17.8. The van der Waals surface area contributed by atoms with Crippen molar-refractivity contribution in [1.29, 1.82) is 0 Å². The Morgan fingerprint density at radius 3 is 2.30 bits per heavy atom. The summed E-state index contributed by atoms with van der Waals surface area (Å²) in [6, 6.07) is 10.3. The number of halogens is 2. The highest BCUT2D eigenvalue weighted by molar-refractivity contribution is 7.92. The molecular formula is C20H18Cl2N2O5S. The van der Waals surface area contributed by atoms with Gasteiger partial charge in [0.1, 0.15) is 4.90 Å². The van der Waals surface area contributed by atoms with E-state index >= 15 is 0 Å². The molecule has 0 aliphatic heterocycles. The summed E-state index contributed by atoms with van der Waals surface area (Å²) in [6.07, 6.45) is 4.04. The van der Waals surface area contributed by atoms with Gasteiger partial charge in [-0.2, -0.15) is 0 Å². The van der Waals surface area contributed by atoms with Crippen molar-refractivity contribution >= 4 is 56.5 Å². The Morgan fingerprint density at radius 2 is 1.63 bits per heavy atom. The largest absolute Gasteiger partial charge is 0.481 e. The highest BCUT2D eigenvalue weighted by Gasteiger charge is 2.34. The van der Waals surface area contributed by atoms with Crippen molar-refractivity contribution in [2.45, 2.75) is 17.7 Å². The van der Waals surface area contributed by atoms with E-state index in [0.29, 0.717) is 0 Å². The van der Waals surface area contributed by atoms with Crippen LogP contribution in [0.3, 0.4) is 0 Å². The topological polar surface area (TPSA) is 113 Å². The minimum atomic E-state index is -4.10. The summed E-state index contributed by atoms with van der Waals surface area (Å²) in [5.74, 6) is -3.16. The molecule has 158 valence electrons. The third-order valence-corrected chi connectivity index (χ3v) is 6.87. The van der Waals surface area contributed by atoms with Crippen LogP contribution in [-0.2, 0) is 19.6 Å². The van der Waals surface area contributed by atoms with E-state index in [4.69, 9.17) is 23.2 Å². The number of hydrogen-bond donors (Lipinski definition) is 3. The number of benzene rings is 2. The van der Waals surface area contributed by atoms with E-state index in [1.54, 1.807) is 24.3 Å². The van der Waals surface area contributed by atoms with E-state index in [1.165, 1.54) is 30.3 Å². The molecule has 1 aliphatic carbocycles. The Labute approximate surface area is 183 Å². The summed E-state index contributed by atoms with van der Waals surface area (Å²) in [6.45, 7) is 0. The SMILES string of the molecule is O=C(O)C1CC=CCC1C(=O)Nc1ccc(Cl)c(S(=O)(=O)Nc2ccccc2Cl)c1. The zero-order valence-electron chi connectivity index (χ0n) is 15.5. The van der Waals surface area contributed by atoms with Crippen LogP contribution < -0.4 is 10.0 Å². The van der Waals surface area contributed by atoms with E-state index < -0.39 is 33.7 Å². The van der Waals surface area contributed by atoms with Crippen molar-refractivity contribution in [2.75, 3.05) is 10.0 Å². The first kappa shape index (κ1) is 22.1. The standard InChI is InChI=1S/C20H18Cl2N2O5S/c21-15-7-3-4-8-17(15)24-30(28,29)18-11-12(9-10-16(18)22)23-19(25)13-5-1-2-6-14(13)20(26)27/h1-4,7-11,13-14,24H,5-6H2,(H,23,25)(H,26,27). The summed E-state index contributed by atoms with van der Waals surface area (Å²) < 4.78 is 28.0. The first-order valence-electron chi connectivity index (χ1n) is 8.94. The number of carbonyl (C=O) groups excluding carboxylic acids is 1. The van der Waals surface area contributed by atoms with Gasteiger partial charge in [-0.05, 0) is 43.2 Å². The van der Waals surface area contributed by atoms with Gasteiger partial charge in [0.05, 0.1) is 27.6 Å². The van der Waals surface area contributed by atoms with E-state index in [0.717, 1.165) is 0 Å². The Kier molecular flexibility index (Phi) is 6.70. The minimum absolute atomic E-state index is 0.0448. The molecule has 0 spiro atoms. The van der Waals surface area contributed by atoms with Gasteiger partial charge in [-0.15, -0.1) is 0 Å². The van der Waals surface area contributed by atoms with Crippen LogP contribution in [0.5, 0.6) is 0 Å². The van der Waals surface area contributed by atoms with Gasteiger partial charge < -0.3 is 10.4 Å². The lowest BCUT2D eigenvalue weighted by molar-refractivity contribution is -0.146. The van der Waals surface area contributed by atoms with Crippen molar-refractivity contribution in [3.63, 3.8) is 0 Å². The number of hydrogen-bond acceptors (Lipinski definition) is 4. The van der Waals surface area contributed by atoms with Crippen LogP contribution in [0.25, 0.3) is 0 Å². The van der Waals surface area contributed by atoms with Crippen LogP contribution in [0, 0.1) is 11.8 Å². The smallest absolute Gasteiger partial charge is 0.307 e. The first-order valence-corrected chi connectivity index (χ1v) is 11.2. The van der Waals surface area contributed by atoms with Gasteiger partial charge in [-0.3, -0.25) is 14.3 Å². The minimum Gasteiger partial charge on any atom is -0.481 e. The summed E-state index contributed by atoms with van der Waals surface area (Å²) in [5.41, 5.74) is 0.366. The second-order valence-electron chi connectivity index (χ2n) is 6.71. The van der Waals surface area contributed by atoms with Gasteiger partial charge in [0.25, 0.3) is 10.0 Å². The molecule has 0 heterocycles. The lowest BCUT2D eigenvalue weighted by atomic mass is 9.82.